The van der Waals surface area contributed by atoms with Gasteiger partial charge < -0.3 is 9.75 Å². The van der Waals surface area contributed by atoms with Gasteiger partial charge in [-0.2, -0.15) is 0 Å². The van der Waals surface area contributed by atoms with Crippen molar-refractivity contribution in [2.24, 2.45) is 5.92 Å². The van der Waals surface area contributed by atoms with E-state index < -0.39 is 0 Å². The molecule has 126 valence electrons. The molecule has 0 bridgehead atoms. The Kier molecular flexibility index (Phi) is 4.26. The number of hydrazine groups is 1. The van der Waals surface area contributed by atoms with Crippen LogP contribution in [0.1, 0.15) is 26.2 Å². The highest BCUT2D eigenvalue weighted by Gasteiger charge is 2.31. The van der Waals surface area contributed by atoms with Crippen LogP contribution in [-0.2, 0) is 4.74 Å². The summed E-state index contributed by atoms with van der Waals surface area (Å²) in [6.07, 6.45) is 12.2. The van der Waals surface area contributed by atoms with E-state index in [1.54, 1.807) is 6.20 Å². The van der Waals surface area contributed by atoms with Crippen molar-refractivity contribution in [1.82, 2.24) is 15.3 Å². The number of hydrogen-bond donors (Lipinski definition) is 1. The Labute approximate surface area is 137 Å². The number of nitrogens with zero attached hydrogens (tertiary/aromatic N) is 2. The van der Waals surface area contributed by atoms with Crippen LogP contribution in [0.5, 0.6) is 0 Å². The van der Waals surface area contributed by atoms with Crippen molar-refractivity contribution in [3.05, 3.63) is 35.8 Å². The van der Waals surface area contributed by atoms with Crippen LogP contribution in [0.15, 0.2) is 35.8 Å². The Morgan fingerprint density at radius 1 is 1.30 bits per heavy atom. The van der Waals surface area contributed by atoms with E-state index in [-0.39, 0.29) is 11.9 Å². The number of ether oxygens (including phenoxy) is 1. The molecule has 0 saturated carbocycles. The first-order valence-corrected chi connectivity index (χ1v) is 8.84. The SMILES string of the molecule is CC(C1=CC2OCCC2C=C1)N1CCC(N2C=C(F)CN2)CC1. The molecule has 4 aliphatic rings. The largest absolute Gasteiger partial charge is 0.373 e. The molecule has 0 aromatic carbocycles. The number of nitrogens with one attached hydrogen (secondary N) is 1. The zero-order valence-corrected chi connectivity index (χ0v) is 13.7. The summed E-state index contributed by atoms with van der Waals surface area (Å²) >= 11 is 0. The molecular formula is C18H26FN3O. The molecule has 2 fully saturated rings. The first-order chi connectivity index (χ1) is 11.2. The molecule has 1 N–H and O–H groups in total. The summed E-state index contributed by atoms with van der Waals surface area (Å²) in [6, 6.07) is 0.835. The van der Waals surface area contributed by atoms with Gasteiger partial charge in [0.05, 0.1) is 12.6 Å². The Hall–Kier alpha value is -1.17. The molecule has 4 rings (SSSR count). The van der Waals surface area contributed by atoms with E-state index >= 15 is 0 Å². The smallest absolute Gasteiger partial charge is 0.133 e. The van der Waals surface area contributed by atoms with Crippen molar-refractivity contribution in [1.29, 1.82) is 0 Å². The average molecular weight is 319 g/mol. The third-order valence-corrected chi connectivity index (χ3v) is 5.71. The molecule has 0 amide bonds. The van der Waals surface area contributed by atoms with Crippen molar-refractivity contribution >= 4 is 0 Å². The maximum absolute atomic E-state index is 13.2. The van der Waals surface area contributed by atoms with Gasteiger partial charge in [-0.05, 0) is 31.8 Å². The lowest BCUT2D eigenvalue weighted by atomic mass is 9.90. The van der Waals surface area contributed by atoms with Gasteiger partial charge in [-0.3, -0.25) is 4.90 Å². The molecule has 0 aromatic rings. The van der Waals surface area contributed by atoms with Crippen LogP contribution in [0.4, 0.5) is 4.39 Å². The summed E-state index contributed by atoms with van der Waals surface area (Å²) < 4.78 is 19.0. The minimum Gasteiger partial charge on any atom is -0.373 e. The van der Waals surface area contributed by atoms with Gasteiger partial charge in [0.25, 0.3) is 0 Å². The molecule has 2 saturated heterocycles. The van der Waals surface area contributed by atoms with Crippen molar-refractivity contribution in [3.8, 4) is 0 Å². The molecule has 5 heteroatoms. The molecule has 3 atom stereocenters. The van der Waals surface area contributed by atoms with Crippen LogP contribution in [0.3, 0.4) is 0 Å². The number of halogens is 1. The van der Waals surface area contributed by atoms with Crippen molar-refractivity contribution in [2.45, 2.75) is 44.4 Å². The molecule has 1 aliphatic carbocycles. The highest BCUT2D eigenvalue weighted by molar-refractivity contribution is 5.31. The van der Waals surface area contributed by atoms with E-state index in [4.69, 9.17) is 4.74 Å². The fourth-order valence-corrected chi connectivity index (χ4v) is 4.17. The fourth-order valence-electron chi connectivity index (χ4n) is 4.17. The van der Waals surface area contributed by atoms with Gasteiger partial charge in [0.15, 0.2) is 0 Å². The monoisotopic (exact) mass is 319 g/mol. The van der Waals surface area contributed by atoms with Gasteiger partial charge in [0, 0.05) is 43.9 Å². The van der Waals surface area contributed by atoms with E-state index in [0.717, 1.165) is 39.0 Å². The number of rotatable bonds is 3. The summed E-state index contributed by atoms with van der Waals surface area (Å²) in [5.41, 5.74) is 4.50. The Bertz CT molecular complexity index is 536. The molecule has 23 heavy (non-hydrogen) atoms. The van der Waals surface area contributed by atoms with E-state index in [0.29, 0.717) is 24.5 Å². The molecule has 3 aliphatic heterocycles. The predicted octanol–water partition coefficient (Wildman–Crippen LogP) is 2.37. The number of likely N-dealkylation sites (tertiary alicyclic amines) is 1. The second-order valence-corrected chi connectivity index (χ2v) is 7.07. The highest BCUT2D eigenvalue weighted by atomic mass is 19.1. The third kappa shape index (κ3) is 3.10. The van der Waals surface area contributed by atoms with Crippen LogP contribution in [0, 0.1) is 5.92 Å². The standard InChI is InChI=1S/C18H26FN3O/c1-13(15-3-2-14-6-9-23-18(14)10-15)21-7-4-17(5-8-21)22-12-16(19)11-20-22/h2-3,10,12-14,17-18,20H,4-9,11H2,1H3. The van der Waals surface area contributed by atoms with E-state index in [2.05, 4.69) is 35.5 Å². The number of fused-ring (bicyclic) bond motifs is 1. The quantitative estimate of drug-likeness (QED) is 0.864. The molecule has 0 aromatic heterocycles. The first-order valence-electron chi connectivity index (χ1n) is 8.84. The van der Waals surface area contributed by atoms with Crippen LogP contribution in [0.25, 0.3) is 0 Å². The normalized spacial score (nSPS) is 33.6. The molecule has 3 unspecified atom stereocenters. The summed E-state index contributed by atoms with van der Waals surface area (Å²) in [6.45, 7) is 5.63. The summed E-state index contributed by atoms with van der Waals surface area (Å²) in [5.74, 6) is 0.518. The van der Waals surface area contributed by atoms with Gasteiger partial charge in [-0.15, -0.1) is 0 Å². The Morgan fingerprint density at radius 2 is 2.13 bits per heavy atom. The highest BCUT2D eigenvalue weighted by Crippen LogP contribution is 2.31. The predicted molar refractivity (Wildman–Crippen MR) is 88.2 cm³/mol. The van der Waals surface area contributed by atoms with Gasteiger partial charge in [0.2, 0.25) is 0 Å². The van der Waals surface area contributed by atoms with Gasteiger partial charge in [0.1, 0.15) is 5.83 Å². The van der Waals surface area contributed by atoms with Gasteiger partial charge in [-0.1, -0.05) is 18.2 Å². The zero-order valence-electron chi connectivity index (χ0n) is 13.7. The summed E-state index contributed by atoms with van der Waals surface area (Å²) in [4.78, 5) is 2.54. The Balaban J connectivity index is 1.34. The van der Waals surface area contributed by atoms with Crippen LogP contribution in [0.2, 0.25) is 0 Å². The molecule has 3 heterocycles. The summed E-state index contributed by atoms with van der Waals surface area (Å²) in [7, 11) is 0. The summed E-state index contributed by atoms with van der Waals surface area (Å²) in [5, 5.41) is 1.97. The second-order valence-electron chi connectivity index (χ2n) is 7.07. The van der Waals surface area contributed by atoms with Crippen LogP contribution < -0.4 is 5.43 Å². The lowest BCUT2D eigenvalue weighted by Gasteiger charge is -2.40. The second kappa shape index (κ2) is 6.38. The van der Waals surface area contributed by atoms with E-state index in [9.17, 15) is 4.39 Å². The average Bonchev–Trinajstić information content (AvgIpc) is 3.22. The third-order valence-electron chi connectivity index (χ3n) is 5.71. The molecular weight excluding hydrogens is 293 g/mol. The van der Waals surface area contributed by atoms with Crippen molar-refractivity contribution in [3.63, 3.8) is 0 Å². The molecule has 4 nitrogen and oxygen atoms in total. The fraction of sp³-hybridized carbons (Fsp3) is 0.667. The van der Waals surface area contributed by atoms with E-state index in [1.807, 2.05) is 5.01 Å². The minimum absolute atomic E-state index is 0.0654. The van der Waals surface area contributed by atoms with Gasteiger partial charge >= 0.3 is 0 Å². The van der Waals surface area contributed by atoms with Crippen LogP contribution >= 0.6 is 0 Å². The van der Waals surface area contributed by atoms with Crippen molar-refractivity contribution in [2.75, 3.05) is 26.2 Å². The maximum atomic E-state index is 13.2. The molecule has 0 spiro atoms. The lowest BCUT2D eigenvalue weighted by Crippen LogP contribution is -2.49. The van der Waals surface area contributed by atoms with E-state index in [1.165, 1.54) is 5.57 Å². The maximum Gasteiger partial charge on any atom is 0.133 e. The number of piperidine rings is 1. The van der Waals surface area contributed by atoms with Gasteiger partial charge in [-0.25, -0.2) is 9.82 Å². The van der Waals surface area contributed by atoms with Crippen molar-refractivity contribution < 1.29 is 9.13 Å². The first kappa shape index (κ1) is 15.4. The Morgan fingerprint density at radius 3 is 2.87 bits per heavy atom. The molecule has 0 radical (unpaired) electrons. The number of hydrogen-bond acceptors (Lipinski definition) is 4. The van der Waals surface area contributed by atoms with Crippen LogP contribution in [-0.4, -0.2) is 54.3 Å². The minimum atomic E-state index is -0.0654. The zero-order chi connectivity index (χ0) is 15.8. The lowest BCUT2D eigenvalue weighted by molar-refractivity contribution is 0.103. The topological polar surface area (TPSA) is 27.7 Å².